The molecule has 1 aliphatic heterocycles. The smallest absolute Gasteiger partial charge is 0.381 e. The largest absolute Gasteiger partial charge is 0.417 e. The summed E-state index contributed by atoms with van der Waals surface area (Å²) in [6.45, 7) is 2.38. The minimum absolute atomic E-state index is 0.318. The molecule has 0 saturated carbocycles. The normalized spacial score (nSPS) is 15.1. The van der Waals surface area contributed by atoms with Crippen LogP contribution in [0.2, 0.25) is 0 Å². The summed E-state index contributed by atoms with van der Waals surface area (Å²) in [6.07, 6.45) is 2.04. The van der Waals surface area contributed by atoms with Crippen LogP contribution in [0.15, 0.2) is 36.5 Å². The van der Waals surface area contributed by atoms with Gasteiger partial charge in [-0.25, -0.2) is 4.98 Å². The van der Waals surface area contributed by atoms with E-state index in [-0.39, 0.29) is 5.56 Å². The number of aromatic nitrogens is 1. The second-order valence-electron chi connectivity index (χ2n) is 6.65. The summed E-state index contributed by atoms with van der Waals surface area (Å²) in [5.74, 6) is 0.943. The Morgan fingerprint density at radius 2 is 1.81 bits per heavy atom. The molecule has 3 rings (SSSR count). The average molecular weight is 374 g/mol. The van der Waals surface area contributed by atoms with Gasteiger partial charge < -0.3 is 10.2 Å². The van der Waals surface area contributed by atoms with Gasteiger partial charge in [0.1, 0.15) is 5.82 Å². The van der Waals surface area contributed by atoms with Crippen molar-refractivity contribution in [2.45, 2.75) is 38.4 Å². The fourth-order valence-corrected chi connectivity index (χ4v) is 3.20. The lowest BCUT2D eigenvalue weighted by Gasteiger charge is -2.21. The molecule has 7 heteroatoms. The molecule has 0 aliphatic carbocycles. The molecule has 1 aromatic heterocycles. The summed E-state index contributed by atoms with van der Waals surface area (Å²) in [5.41, 5.74) is -0.106. The molecule has 0 spiro atoms. The van der Waals surface area contributed by atoms with Gasteiger partial charge in [0.15, 0.2) is 0 Å². The first-order valence-electron chi connectivity index (χ1n) is 9.02. The third kappa shape index (κ3) is 4.91. The number of hydrogen-bond donors (Lipinski definition) is 1. The van der Waals surface area contributed by atoms with Gasteiger partial charge in [-0.05, 0) is 42.7 Å². The number of alkyl halides is 3. The molecule has 0 radical (unpaired) electrons. The molecular weight excluding hydrogens is 353 g/mol. The first-order chi connectivity index (χ1) is 13.0. The van der Waals surface area contributed by atoms with Crippen molar-refractivity contribution in [3.63, 3.8) is 0 Å². The van der Waals surface area contributed by atoms with Crippen LogP contribution in [0.3, 0.4) is 0 Å². The maximum Gasteiger partial charge on any atom is 0.417 e. The fourth-order valence-electron chi connectivity index (χ4n) is 3.20. The number of nitrogens with zero attached hydrogens (tertiary/aromatic N) is 3. The Morgan fingerprint density at radius 3 is 2.41 bits per heavy atom. The Bertz CT molecular complexity index is 801. The number of nitriles is 1. The number of benzene rings is 1. The maximum absolute atomic E-state index is 13.0. The lowest BCUT2D eigenvalue weighted by atomic mass is 10.1. The van der Waals surface area contributed by atoms with Gasteiger partial charge in [0.05, 0.1) is 17.2 Å². The zero-order valence-corrected chi connectivity index (χ0v) is 14.9. The number of rotatable bonds is 4. The Labute approximate surface area is 156 Å². The highest BCUT2D eigenvalue weighted by Crippen LogP contribution is 2.33. The van der Waals surface area contributed by atoms with Crippen LogP contribution in [-0.4, -0.2) is 18.1 Å². The van der Waals surface area contributed by atoms with Gasteiger partial charge in [-0.1, -0.05) is 18.9 Å². The molecular formula is C20H21F3N4. The van der Waals surface area contributed by atoms with Crippen LogP contribution in [-0.2, 0) is 12.7 Å². The van der Waals surface area contributed by atoms with E-state index in [0.29, 0.717) is 12.2 Å². The Balaban J connectivity index is 1.66. The van der Waals surface area contributed by atoms with Gasteiger partial charge in [-0.15, -0.1) is 0 Å². The van der Waals surface area contributed by atoms with E-state index in [2.05, 4.69) is 15.2 Å². The third-order valence-corrected chi connectivity index (χ3v) is 4.68. The highest BCUT2D eigenvalue weighted by Gasteiger charge is 2.33. The molecule has 1 aliphatic rings. The number of nitrogens with one attached hydrogen (secondary N) is 1. The molecule has 1 fully saturated rings. The topological polar surface area (TPSA) is 52.0 Å². The summed E-state index contributed by atoms with van der Waals surface area (Å²) >= 11 is 0. The molecule has 142 valence electrons. The van der Waals surface area contributed by atoms with Gasteiger partial charge in [0, 0.05) is 31.5 Å². The highest BCUT2D eigenvalue weighted by molar-refractivity contribution is 5.53. The lowest BCUT2D eigenvalue weighted by Crippen LogP contribution is -2.24. The number of hydrogen-bond acceptors (Lipinski definition) is 4. The summed E-state index contributed by atoms with van der Waals surface area (Å²) in [5, 5.41) is 11.8. The molecule has 2 heterocycles. The molecule has 0 amide bonds. The molecule has 0 bridgehead atoms. The second kappa shape index (κ2) is 8.30. The standard InChI is InChI=1S/C20H21F3N4/c21-20(22,23)18-11-17(7-6-16(18)12-24)25-13-15-5-8-19(26-14-15)27-9-3-1-2-4-10-27/h5-8,11,14,25H,1-4,9-10,13H2. The van der Waals surface area contributed by atoms with Crippen molar-refractivity contribution in [1.82, 2.24) is 4.98 Å². The first kappa shape index (κ1) is 19.0. The van der Waals surface area contributed by atoms with Gasteiger partial charge in [0.2, 0.25) is 0 Å². The molecule has 4 nitrogen and oxygen atoms in total. The molecule has 1 N–H and O–H groups in total. The fraction of sp³-hybridized carbons (Fsp3) is 0.400. The summed E-state index contributed by atoms with van der Waals surface area (Å²) in [4.78, 5) is 6.78. The Morgan fingerprint density at radius 1 is 1.07 bits per heavy atom. The van der Waals surface area contributed by atoms with Crippen LogP contribution < -0.4 is 10.2 Å². The van der Waals surface area contributed by atoms with E-state index >= 15 is 0 Å². The minimum Gasteiger partial charge on any atom is -0.381 e. The zero-order valence-electron chi connectivity index (χ0n) is 14.9. The monoisotopic (exact) mass is 374 g/mol. The Hall–Kier alpha value is -2.75. The SMILES string of the molecule is N#Cc1ccc(NCc2ccc(N3CCCCCC3)nc2)cc1C(F)(F)F. The van der Waals surface area contributed by atoms with Crippen LogP contribution in [0.4, 0.5) is 24.7 Å². The number of anilines is 2. The van der Waals surface area contributed by atoms with E-state index in [1.807, 2.05) is 12.1 Å². The quantitative estimate of drug-likeness (QED) is 0.821. The van der Waals surface area contributed by atoms with E-state index in [0.717, 1.165) is 30.5 Å². The minimum atomic E-state index is -4.56. The van der Waals surface area contributed by atoms with Gasteiger partial charge in [-0.2, -0.15) is 18.4 Å². The van der Waals surface area contributed by atoms with Gasteiger partial charge >= 0.3 is 6.18 Å². The van der Waals surface area contributed by atoms with Crippen molar-refractivity contribution in [2.24, 2.45) is 0 Å². The third-order valence-electron chi connectivity index (χ3n) is 4.68. The van der Waals surface area contributed by atoms with E-state index in [1.54, 1.807) is 12.3 Å². The van der Waals surface area contributed by atoms with Gasteiger partial charge in [0.25, 0.3) is 0 Å². The zero-order chi connectivity index (χ0) is 19.3. The molecule has 1 saturated heterocycles. The second-order valence-corrected chi connectivity index (χ2v) is 6.65. The van der Waals surface area contributed by atoms with E-state index in [4.69, 9.17) is 5.26 Å². The predicted molar refractivity (Wildman–Crippen MR) is 98.4 cm³/mol. The Kier molecular flexibility index (Phi) is 5.84. The number of halogens is 3. The van der Waals surface area contributed by atoms with E-state index in [1.165, 1.54) is 37.8 Å². The van der Waals surface area contributed by atoms with Crippen LogP contribution in [0.25, 0.3) is 0 Å². The lowest BCUT2D eigenvalue weighted by molar-refractivity contribution is -0.137. The summed E-state index contributed by atoms with van der Waals surface area (Å²) in [7, 11) is 0. The molecule has 0 atom stereocenters. The summed E-state index contributed by atoms with van der Waals surface area (Å²) < 4.78 is 39.1. The van der Waals surface area contributed by atoms with Crippen molar-refractivity contribution < 1.29 is 13.2 Å². The van der Waals surface area contributed by atoms with Gasteiger partial charge in [-0.3, -0.25) is 0 Å². The van der Waals surface area contributed by atoms with E-state index < -0.39 is 11.7 Å². The first-order valence-corrected chi connectivity index (χ1v) is 9.02. The van der Waals surface area contributed by atoms with Crippen molar-refractivity contribution in [1.29, 1.82) is 5.26 Å². The van der Waals surface area contributed by atoms with Crippen LogP contribution >= 0.6 is 0 Å². The van der Waals surface area contributed by atoms with Crippen molar-refractivity contribution in [3.05, 3.63) is 53.2 Å². The molecule has 2 aromatic rings. The van der Waals surface area contributed by atoms with Crippen LogP contribution in [0.5, 0.6) is 0 Å². The van der Waals surface area contributed by atoms with E-state index in [9.17, 15) is 13.2 Å². The summed E-state index contributed by atoms with van der Waals surface area (Å²) in [6, 6.07) is 9.12. The predicted octanol–water partition coefficient (Wildman–Crippen LogP) is 4.96. The van der Waals surface area contributed by atoms with Crippen molar-refractivity contribution in [3.8, 4) is 6.07 Å². The average Bonchev–Trinajstić information content (AvgIpc) is 2.95. The highest BCUT2D eigenvalue weighted by atomic mass is 19.4. The molecule has 1 aromatic carbocycles. The van der Waals surface area contributed by atoms with Crippen LogP contribution in [0, 0.1) is 11.3 Å². The van der Waals surface area contributed by atoms with Crippen molar-refractivity contribution >= 4 is 11.5 Å². The molecule has 0 unspecified atom stereocenters. The van der Waals surface area contributed by atoms with Crippen molar-refractivity contribution in [2.75, 3.05) is 23.3 Å². The molecule has 27 heavy (non-hydrogen) atoms. The number of pyridine rings is 1. The maximum atomic E-state index is 13.0. The van der Waals surface area contributed by atoms with Crippen LogP contribution in [0.1, 0.15) is 42.4 Å².